The van der Waals surface area contributed by atoms with Gasteiger partial charge in [-0.2, -0.15) is 0 Å². The second kappa shape index (κ2) is 7.22. The predicted octanol–water partition coefficient (Wildman–Crippen LogP) is 3.16. The highest BCUT2D eigenvalue weighted by atomic mass is 32.1. The number of amides is 2. The first-order valence-corrected chi connectivity index (χ1v) is 7.60. The van der Waals surface area contributed by atoms with Crippen LogP contribution >= 0.6 is 11.3 Å². The Morgan fingerprint density at radius 2 is 2.27 bits per heavy atom. The lowest BCUT2D eigenvalue weighted by atomic mass is 10.1. The molecule has 1 aromatic heterocycles. The van der Waals surface area contributed by atoms with E-state index in [1.54, 1.807) is 25.3 Å². The van der Waals surface area contributed by atoms with Gasteiger partial charge in [-0.1, -0.05) is 6.07 Å². The number of carbonyl (C=O) groups is 1. The molecule has 2 rings (SSSR count). The molecular formula is C15H18FN3O2S. The van der Waals surface area contributed by atoms with Gasteiger partial charge >= 0.3 is 6.03 Å². The van der Waals surface area contributed by atoms with Crippen LogP contribution in [0.2, 0.25) is 0 Å². The summed E-state index contributed by atoms with van der Waals surface area (Å²) in [6.45, 7) is 4.12. The lowest BCUT2D eigenvalue weighted by Gasteiger charge is -2.15. The number of urea groups is 1. The van der Waals surface area contributed by atoms with Gasteiger partial charge in [0, 0.05) is 11.1 Å². The molecule has 0 saturated carbocycles. The Morgan fingerprint density at radius 3 is 2.86 bits per heavy atom. The number of aryl methyl sites for hydroxylation is 1. The lowest BCUT2D eigenvalue weighted by molar-refractivity contribution is 0.237. The Bertz CT molecular complexity index is 660. The summed E-state index contributed by atoms with van der Waals surface area (Å²) >= 11 is 1.53. The molecule has 0 aliphatic rings. The van der Waals surface area contributed by atoms with Gasteiger partial charge in [0.05, 0.1) is 24.7 Å². The van der Waals surface area contributed by atoms with Crippen molar-refractivity contribution < 1.29 is 13.9 Å². The highest BCUT2D eigenvalue weighted by molar-refractivity contribution is 7.11. The van der Waals surface area contributed by atoms with Gasteiger partial charge in [0.2, 0.25) is 0 Å². The van der Waals surface area contributed by atoms with E-state index in [9.17, 15) is 9.18 Å². The Labute approximate surface area is 132 Å². The molecule has 2 aromatic rings. The third-order valence-corrected chi connectivity index (χ3v) is 4.03. The Hall–Kier alpha value is -2.15. The van der Waals surface area contributed by atoms with Gasteiger partial charge in [-0.05, 0) is 31.5 Å². The molecule has 0 spiro atoms. The van der Waals surface area contributed by atoms with E-state index >= 15 is 0 Å². The van der Waals surface area contributed by atoms with Crippen molar-refractivity contribution in [1.82, 2.24) is 15.6 Å². The van der Waals surface area contributed by atoms with Gasteiger partial charge < -0.3 is 15.4 Å². The average molecular weight is 323 g/mol. The molecule has 1 aromatic carbocycles. The van der Waals surface area contributed by atoms with Crippen LogP contribution in [-0.2, 0) is 6.54 Å². The van der Waals surface area contributed by atoms with Crippen LogP contribution in [0, 0.1) is 12.7 Å². The number of aromatic nitrogens is 1. The molecule has 5 nitrogen and oxygen atoms in total. The first kappa shape index (κ1) is 16.2. The molecule has 1 atom stereocenters. The number of rotatable bonds is 5. The minimum absolute atomic E-state index is 0.181. The fraction of sp³-hybridized carbons (Fsp3) is 0.333. The quantitative estimate of drug-likeness (QED) is 0.888. The Kier molecular flexibility index (Phi) is 5.32. The van der Waals surface area contributed by atoms with Gasteiger partial charge in [-0.15, -0.1) is 11.3 Å². The molecule has 7 heteroatoms. The zero-order valence-electron chi connectivity index (χ0n) is 12.6. The summed E-state index contributed by atoms with van der Waals surface area (Å²) in [5.74, 6) is -0.268. The zero-order chi connectivity index (χ0) is 16.1. The molecular weight excluding hydrogens is 305 g/mol. The third-order valence-electron chi connectivity index (χ3n) is 3.12. The van der Waals surface area contributed by atoms with E-state index in [2.05, 4.69) is 15.6 Å². The summed E-state index contributed by atoms with van der Waals surface area (Å²) < 4.78 is 18.5. The fourth-order valence-electron chi connectivity index (χ4n) is 1.94. The van der Waals surface area contributed by atoms with Crippen molar-refractivity contribution in [3.63, 3.8) is 0 Å². The smallest absolute Gasteiger partial charge is 0.315 e. The van der Waals surface area contributed by atoms with E-state index < -0.39 is 5.82 Å². The van der Waals surface area contributed by atoms with E-state index in [1.165, 1.54) is 24.5 Å². The molecule has 0 saturated heterocycles. The molecule has 2 amide bonds. The van der Waals surface area contributed by atoms with Gasteiger partial charge in [0.1, 0.15) is 0 Å². The molecule has 0 bridgehead atoms. The maximum atomic E-state index is 13.7. The third kappa shape index (κ3) is 4.17. The number of thiazole rings is 1. The number of ether oxygens (including phenoxy) is 1. The van der Waals surface area contributed by atoms with Crippen LogP contribution in [0.15, 0.2) is 24.4 Å². The minimum atomic E-state index is -0.450. The first-order valence-electron chi connectivity index (χ1n) is 6.78. The number of carbonyl (C=O) groups excluding carboxylic acids is 1. The van der Waals surface area contributed by atoms with E-state index in [4.69, 9.17) is 4.74 Å². The van der Waals surface area contributed by atoms with E-state index in [0.29, 0.717) is 12.1 Å². The van der Waals surface area contributed by atoms with E-state index in [-0.39, 0.29) is 17.8 Å². The standard InChI is InChI=1S/C15H18FN3O2S/c1-9(11-4-5-14(21-3)13(16)6-11)19-15(20)18-8-12-7-17-10(2)22-12/h4-7,9H,8H2,1-3H3,(H2,18,19,20). The number of methoxy groups -OCH3 is 1. The minimum Gasteiger partial charge on any atom is -0.494 e. The highest BCUT2D eigenvalue weighted by Crippen LogP contribution is 2.21. The van der Waals surface area contributed by atoms with Crippen molar-refractivity contribution in [2.45, 2.75) is 26.4 Å². The van der Waals surface area contributed by atoms with Crippen molar-refractivity contribution in [1.29, 1.82) is 0 Å². The molecule has 118 valence electrons. The van der Waals surface area contributed by atoms with Crippen molar-refractivity contribution in [2.75, 3.05) is 7.11 Å². The van der Waals surface area contributed by atoms with Crippen LogP contribution in [0.4, 0.5) is 9.18 Å². The summed E-state index contributed by atoms with van der Waals surface area (Å²) in [6.07, 6.45) is 1.74. The number of halogens is 1. The number of nitrogens with one attached hydrogen (secondary N) is 2. The summed E-state index contributed by atoms with van der Waals surface area (Å²) in [5.41, 5.74) is 0.669. The number of benzene rings is 1. The van der Waals surface area contributed by atoms with Crippen molar-refractivity contribution in [3.8, 4) is 5.75 Å². The summed E-state index contributed by atoms with van der Waals surface area (Å²) in [5, 5.41) is 6.47. The Morgan fingerprint density at radius 1 is 1.50 bits per heavy atom. The fourth-order valence-corrected chi connectivity index (χ4v) is 2.67. The molecule has 1 unspecified atom stereocenters. The van der Waals surface area contributed by atoms with Crippen LogP contribution in [-0.4, -0.2) is 18.1 Å². The van der Waals surface area contributed by atoms with Crippen LogP contribution in [0.1, 0.15) is 28.4 Å². The second-order valence-electron chi connectivity index (χ2n) is 4.79. The Balaban J connectivity index is 1.89. The molecule has 2 N–H and O–H groups in total. The largest absolute Gasteiger partial charge is 0.494 e. The topological polar surface area (TPSA) is 63.2 Å². The van der Waals surface area contributed by atoms with Gasteiger partial charge in [-0.25, -0.2) is 14.2 Å². The maximum absolute atomic E-state index is 13.7. The van der Waals surface area contributed by atoms with Crippen LogP contribution < -0.4 is 15.4 Å². The normalized spacial score (nSPS) is 11.8. The molecule has 0 radical (unpaired) electrons. The number of hydrogen-bond acceptors (Lipinski definition) is 4. The first-order chi connectivity index (χ1) is 10.5. The van der Waals surface area contributed by atoms with E-state index in [1.807, 2.05) is 6.92 Å². The summed E-state index contributed by atoms with van der Waals surface area (Å²) in [7, 11) is 1.41. The van der Waals surface area contributed by atoms with Gasteiger partial charge in [-0.3, -0.25) is 0 Å². The SMILES string of the molecule is COc1ccc(C(C)NC(=O)NCc2cnc(C)s2)cc1F. The summed E-state index contributed by atoms with van der Waals surface area (Å²) in [4.78, 5) is 17.0. The van der Waals surface area contributed by atoms with Crippen molar-refractivity contribution in [2.24, 2.45) is 0 Å². The average Bonchev–Trinajstić information content (AvgIpc) is 2.90. The lowest BCUT2D eigenvalue weighted by Crippen LogP contribution is -2.36. The molecule has 22 heavy (non-hydrogen) atoms. The van der Waals surface area contributed by atoms with Crippen molar-refractivity contribution >= 4 is 17.4 Å². The van der Waals surface area contributed by atoms with Crippen molar-refractivity contribution in [3.05, 3.63) is 45.7 Å². The van der Waals surface area contributed by atoms with E-state index in [0.717, 1.165) is 9.88 Å². The van der Waals surface area contributed by atoms with Crippen LogP contribution in [0.25, 0.3) is 0 Å². The molecule has 0 fully saturated rings. The predicted molar refractivity (Wildman–Crippen MR) is 83.6 cm³/mol. The monoisotopic (exact) mass is 323 g/mol. The number of hydrogen-bond donors (Lipinski definition) is 2. The summed E-state index contributed by atoms with van der Waals surface area (Å²) in [6, 6.07) is 4.00. The highest BCUT2D eigenvalue weighted by Gasteiger charge is 2.12. The van der Waals surface area contributed by atoms with Gasteiger partial charge in [0.15, 0.2) is 11.6 Å². The number of nitrogens with zero attached hydrogens (tertiary/aromatic N) is 1. The van der Waals surface area contributed by atoms with Crippen LogP contribution in [0.3, 0.4) is 0 Å². The molecule has 0 aliphatic carbocycles. The molecule has 1 heterocycles. The van der Waals surface area contributed by atoms with Crippen LogP contribution in [0.5, 0.6) is 5.75 Å². The maximum Gasteiger partial charge on any atom is 0.315 e. The molecule has 0 aliphatic heterocycles. The second-order valence-corrected chi connectivity index (χ2v) is 6.11. The zero-order valence-corrected chi connectivity index (χ0v) is 13.5. The van der Waals surface area contributed by atoms with Gasteiger partial charge in [0.25, 0.3) is 0 Å².